The average molecular weight is 316 g/mol. The second kappa shape index (κ2) is 3.44. The SMILES string of the molecule is CC1(O)CC23CCC4C5(CCC6(OC5)C(=O)C46C)C2CCC1C3. The Labute approximate surface area is 138 Å². The molecule has 2 saturated heterocycles. The van der Waals surface area contributed by atoms with Crippen molar-refractivity contribution >= 4 is 5.78 Å². The van der Waals surface area contributed by atoms with Crippen LogP contribution in [0.4, 0.5) is 0 Å². The van der Waals surface area contributed by atoms with Gasteiger partial charge in [-0.1, -0.05) is 0 Å². The topological polar surface area (TPSA) is 46.5 Å². The van der Waals surface area contributed by atoms with Gasteiger partial charge in [0.15, 0.2) is 5.78 Å². The summed E-state index contributed by atoms with van der Waals surface area (Å²) in [7, 11) is 0. The maximum Gasteiger partial charge on any atom is 0.175 e. The Morgan fingerprint density at radius 1 is 1.09 bits per heavy atom. The molecule has 3 nitrogen and oxygen atoms in total. The maximum atomic E-state index is 12.7. The fraction of sp³-hybridized carbons (Fsp3) is 0.950. The van der Waals surface area contributed by atoms with Crippen LogP contribution in [0.15, 0.2) is 0 Å². The molecule has 4 bridgehead atoms. The van der Waals surface area contributed by atoms with Gasteiger partial charge in [0.25, 0.3) is 0 Å². The van der Waals surface area contributed by atoms with Crippen molar-refractivity contribution in [2.24, 2.45) is 34.0 Å². The summed E-state index contributed by atoms with van der Waals surface area (Å²) in [6.45, 7) is 5.10. The minimum absolute atomic E-state index is 0.177. The highest BCUT2D eigenvalue weighted by Gasteiger charge is 2.87. The number of aliphatic hydroxyl groups is 1. The quantitative estimate of drug-likeness (QED) is 0.747. The molecule has 0 radical (unpaired) electrons. The first kappa shape index (κ1) is 13.8. The molecule has 5 saturated carbocycles. The second-order valence-corrected chi connectivity index (χ2v) is 10.4. The Balaban J connectivity index is 1.48. The van der Waals surface area contributed by atoms with E-state index in [4.69, 9.17) is 4.74 Å². The zero-order chi connectivity index (χ0) is 15.9. The number of fused-ring (bicyclic) bond motifs is 3. The summed E-state index contributed by atoms with van der Waals surface area (Å²) in [5, 5.41) is 10.9. The van der Waals surface area contributed by atoms with E-state index in [0.717, 1.165) is 19.4 Å². The van der Waals surface area contributed by atoms with Crippen molar-refractivity contribution in [3.05, 3.63) is 0 Å². The maximum absolute atomic E-state index is 12.7. The van der Waals surface area contributed by atoms with Gasteiger partial charge in [-0.15, -0.1) is 0 Å². The van der Waals surface area contributed by atoms with Gasteiger partial charge in [-0.05, 0) is 88.4 Å². The lowest BCUT2D eigenvalue weighted by Gasteiger charge is -2.65. The molecule has 2 aliphatic heterocycles. The summed E-state index contributed by atoms with van der Waals surface area (Å²) in [6.07, 6.45) is 9.20. The molecule has 8 unspecified atom stereocenters. The van der Waals surface area contributed by atoms with Gasteiger partial charge in [-0.2, -0.15) is 0 Å². The fourth-order valence-electron chi connectivity index (χ4n) is 9.02. The van der Waals surface area contributed by atoms with Crippen LogP contribution in [-0.4, -0.2) is 28.7 Å². The van der Waals surface area contributed by atoms with E-state index >= 15 is 0 Å². The van der Waals surface area contributed by atoms with E-state index in [9.17, 15) is 9.90 Å². The number of ether oxygens (including phenoxy) is 1. The number of hydrogen-bond donors (Lipinski definition) is 1. The van der Waals surface area contributed by atoms with Gasteiger partial charge in [-0.3, -0.25) is 4.79 Å². The van der Waals surface area contributed by atoms with Crippen LogP contribution in [0.1, 0.15) is 65.2 Å². The molecule has 2 heterocycles. The molecular weight excluding hydrogens is 288 g/mol. The monoisotopic (exact) mass is 316 g/mol. The van der Waals surface area contributed by atoms with Crippen molar-refractivity contribution in [2.75, 3.05) is 6.61 Å². The molecular formula is C20H28O3. The largest absolute Gasteiger partial charge is 0.390 e. The summed E-state index contributed by atoms with van der Waals surface area (Å²) >= 11 is 0. The zero-order valence-electron chi connectivity index (χ0n) is 14.4. The summed E-state index contributed by atoms with van der Waals surface area (Å²) in [5.41, 5.74) is -0.471. The third-order valence-electron chi connectivity index (χ3n) is 9.95. The highest BCUT2D eigenvalue weighted by Crippen LogP contribution is 2.81. The molecule has 23 heavy (non-hydrogen) atoms. The molecule has 0 aromatic heterocycles. The van der Waals surface area contributed by atoms with E-state index in [1.807, 2.05) is 0 Å². The Hall–Kier alpha value is -0.410. The number of Topliss-reactive ketones (excluding diaryl/α,β-unsaturated/α-hetero) is 1. The molecule has 3 heteroatoms. The van der Waals surface area contributed by atoms with Crippen LogP contribution in [0.3, 0.4) is 0 Å². The number of hydrogen-bond acceptors (Lipinski definition) is 3. The molecule has 7 aliphatic rings. The van der Waals surface area contributed by atoms with Crippen LogP contribution >= 0.6 is 0 Å². The van der Waals surface area contributed by atoms with Crippen molar-refractivity contribution in [3.63, 3.8) is 0 Å². The van der Waals surface area contributed by atoms with Gasteiger partial charge < -0.3 is 9.84 Å². The molecule has 0 aromatic carbocycles. The van der Waals surface area contributed by atoms with Crippen LogP contribution in [0, 0.1) is 34.0 Å². The molecule has 0 aromatic rings. The van der Waals surface area contributed by atoms with Gasteiger partial charge in [0.1, 0.15) is 5.60 Å². The van der Waals surface area contributed by atoms with E-state index in [1.165, 1.54) is 38.5 Å². The molecule has 126 valence electrons. The minimum atomic E-state index is -0.467. The van der Waals surface area contributed by atoms with Crippen molar-refractivity contribution in [2.45, 2.75) is 76.4 Å². The normalized spacial score (nSPS) is 68.3. The molecule has 7 fully saturated rings. The molecule has 7 rings (SSSR count). The highest BCUT2D eigenvalue weighted by molar-refractivity contribution is 6.12. The van der Waals surface area contributed by atoms with Crippen molar-refractivity contribution in [1.29, 1.82) is 0 Å². The number of carbonyl (C=O) groups excluding carboxylic acids is 1. The highest BCUT2D eigenvalue weighted by atomic mass is 16.5. The fourth-order valence-corrected chi connectivity index (χ4v) is 9.02. The third kappa shape index (κ3) is 1.16. The minimum Gasteiger partial charge on any atom is -0.390 e. The van der Waals surface area contributed by atoms with Crippen LogP contribution in [0.25, 0.3) is 0 Å². The number of carbonyl (C=O) groups is 1. The van der Waals surface area contributed by atoms with Crippen molar-refractivity contribution in [3.8, 4) is 0 Å². The van der Waals surface area contributed by atoms with E-state index in [0.29, 0.717) is 29.0 Å². The lowest BCUT2D eigenvalue weighted by Crippen LogP contribution is -2.63. The van der Waals surface area contributed by atoms with Crippen molar-refractivity contribution < 1.29 is 14.6 Å². The Bertz CT molecular complexity index is 629. The van der Waals surface area contributed by atoms with Gasteiger partial charge in [0, 0.05) is 5.41 Å². The van der Waals surface area contributed by atoms with E-state index in [2.05, 4.69) is 13.8 Å². The molecule has 1 N–H and O–H groups in total. The van der Waals surface area contributed by atoms with Gasteiger partial charge in [-0.25, -0.2) is 0 Å². The van der Waals surface area contributed by atoms with Crippen LogP contribution in [0.5, 0.6) is 0 Å². The molecule has 5 aliphatic carbocycles. The number of rotatable bonds is 0. The Morgan fingerprint density at radius 2 is 1.91 bits per heavy atom. The van der Waals surface area contributed by atoms with Crippen molar-refractivity contribution in [1.82, 2.24) is 0 Å². The van der Waals surface area contributed by atoms with E-state index < -0.39 is 5.60 Å². The van der Waals surface area contributed by atoms with Crippen LogP contribution < -0.4 is 0 Å². The van der Waals surface area contributed by atoms with Crippen LogP contribution in [0.2, 0.25) is 0 Å². The molecule has 3 spiro atoms. The predicted octanol–water partition coefficient (Wildman–Crippen LogP) is 3.09. The van der Waals surface area contributed by atoms with Gasteiger partial charge in [0.2, 0.25) is 0 Å². The molecule has 8 atom stereocenters. The van der Waals surface area contributed by atoms with Crippen LogP contribution in [-0.2, 0) is 9.53 Å². The van der Waals surface area contributed by atoms with E-state index in [1.54, 1.807) is 0 Å². The Morgan fingerprint density at radius 3 is 2.65 bits per heavy atom. The lowest BCUT2D eigenvalue weighted by molar-refractivity contribution is -0.248. The summed E-state index contributed by atoms with van der Waals surface area (Å²) in [6, 6.07) is 0. The van der Waals surface area contributed by atoms with E-state index in [-0.39, 0.29) is 16.4 Å². The van der Waals surface area contributed by atoms with Gasteiger partial charge >= 0.3 is 0 Å². The predicted molar refractivity (Wildman–Crippen MR) is 84.7 cm³/mol. The zero-order valence-corrected chi connectivity index (χ0v) is 14.4. The Kier molecular flexibility index (Phi) is 2.07. The smallest absolute Gasteiger partial charge is 0.175 e. The first-order valence-electron chi connectivity index (χ1n) is 9.72. The third-order valence-corrected chi connectivity index (χ3v) is 9.95. The lowest BCUT2D eigenvalue weighted by atomic mass is 9.42. The summed E-state index contributed by atoms with van der Waals surface area (Å²) < 4.78 is 6.31. The molecule has 0 amide bonds. The first-order chi connectivity index (χ1) is 10.8. The summed E-state index contributed by atoms with van der Waals surface area (Å²) in [5.74, 6) is 2.12. The summed E-state index contributed by atoms with van der Waals surface area (Å²) in [4.78, 5) is 12.7. The van der Waals surface area contributed by atoms with Gasteiger partial charge in [0.05, 0.1) is 17.6 Å². The average Bonchev–Trinajstić information content (AvgIpc) is 2.93. The number of ketones is 1. The standard InChI is InChI=1S/C20H28O3/c1-16(22)10-18-6-5-13-17(2)15(21)20(17)8-7-19(13,11-23-20)14(18)4-3-12(16)9-18/h12-14,22H,3-11H2,1-2H3. The first-order valence-corrected chi connectivity index (χ1v) is 9.72. The second-order valence-electron chi connectivity index (χ2n) is 10.4.